The molecule has 1 rings (SSSR count). The van der Waals surface area contributed by atoms with Crippen LogP contribution in [0.15, 0.2) is 0 Å². The van der Waals surface area contributed by atoms with Gasteiger partial charge in [0.05, 0.1) is 13.0 Å². The molecule has 0 aromatic heterocycles. The maximum atomic E-state index is 10.3. The largest absolute Gasteiger partial charge is 0.481 e. The summed E-state index contributed by atoms with van der Waals surface area (Å²) in [5, 5.41) is 53.6. The van der Waals surface area contributed by atoms with Crippen molar-refractivity contribution in [3.05, 3.63) is 0 Å². The fourth-order valence-corrected chi connectivity index (χ4v) is 2.60. The third-order valence-electron chi connectivity index (χ3n) is 2.55. The Hall–Kier alpha value is -0.420. The van der Waals surface area contributed by atoms with E-state index in [9.17, 15) is 25.2 Å². The summed E-state index contributed by atoms with van der Waals surface area (Å²) in [5.74, 6) is -1.15. The predicted molar refractivity (Wildman–Crippen MR) is 59.6 cm³/mol. The number of thioether (sulfide) groups is 1. The molecule has 106 valence electrons. The van der Waals surface area contributed by atoms with Crippen molar-refractivity contribution in [3.63, 3.8) is 0 Å². The molecule has 0 radical (unpaired) electrons. The van der Waals surface area contributed by atoms with Crippen molar-refractivity contribution < 1.29 is 40.2 Å². The molecule has 0 aromatic rings. The standard InChI is InChI=1S/C9H16O8S/c10-3-4-6(13)7(14)8(15)9(16,17-4)18-2-1-5(11)12/h4,6-8,10,13-16H,1-3H2,(H,11,12)/t4-,6+,7+,8-,9+/m1/s1. The van der Waals surface area contributed by atoms with Gasteiger partial charge in [-0.25, -0.2) is 0 Å². The molecular formula is C9H16O8S. The number of carboxylic acid groups (broad SMARTS) is 1. The molecule has 0 amide bonds. The van der Waals surface area contributed by atoms with E-state index >= 15 is 0 Å². The number of aliphatic hydroxyl groups is 5. The molecule has 1 aliphatic rings. The molecule has 1 aliphatic heterocycles. The summed E-state index contributed by atoms with van der Waals surface area (Å²) in [6, 6.07) is 0. The van der Waals surface area contributed by atoms with Gasteiger partial charge in [0, 0.05) is 5.75 Å². The Labute approximate surface area is 107 Å². The van der Waals surface area contributed by atoms with Crippen molar-refractivity contribution in [1.29, 1.82) is 0 Å². The van der Waals surface area contributed by atoms with Crippen LogP contribution >= 0.6 is 11.8 Å². The number of rotatable bonds is 5. The molecule has 18 heavy (non-hydrogen) atoms. The van der Waals surface area contributed by atoms with E-state index < -0.39 is 42.1 Å². The van der Waals surface area contributed by atoms with E-state index in [2.05, 4.69) is 0 Å². The summed E-state index contributed by atoms with van der Waals surface area (Å²) >= 11 is 0.581. The van der Waals surface area contributed by atoms with Gasteiger partial charge in [-0.3, -0.25) is 4.79 Å². The summed E-state index contributed by atoms with van der Waals surface area (Å²) in [6.45, 7) is -0.660. The minimum absolute atomic E-state index is 0.0656. The first-order chi connectivity index (χ1) is 8.31. The zero-order valence-corrected chi connectivity index (χ0v) is 10.2. The zero-order chi connectivity index (χ0) is 13.9. The highest BCUT2D eigenvalue weighted by Crippen LogP contribution is 2.36. The Morgan fingerprint density at radius 1 is 1.28 bits per heavy atom. The fourth-order valence-electron chi connectivity index (χ4n) is 1.53. The summed E-state index contributed by atoms with van der Waals surface area (Å²) in [5.41, 5.74) is 0. The van der Waals surface area contributed by atoms with Crippen LogP contribution in [0.25, 0.3) is 0 Å². The molecule has 0 aliphatic carbocycles. The number of ether oxygens (including phenoxy) is 1. The van der Waals surface area contributed by atoms with Crippen molar-refractivity contribution in [2.45, 2.75) is 36.0 Å². The molecule has 0 unspecified atom stereocenters. The van der Waals surface area contributed by atoms with Gasteiger partial charge in [0.25, 0.3) is 0 Å². The molecule has 1 fully saturated rings. The minimum atomic E-state index is -2.26. The Morgan fingerprint density at radius 3 is 2.39 bits per heavy atom. The van der Waals surface area contributed by atoms with E-state index in [-0.39, 0.29) is 12.2 Å². The van der Waals surface area contributed by atoms with Gasteiger partial charge in [0.2, 0.25) is 5.12 Å². The minimum Gasteiger partial charge on any atom is -0.481 e. The van der Waals surface area contributed by atoms with Gasteiger partial charge in [-0.05, 0) is 0 Å². The van der Waals surface area contributed by atoms with Gasteiger partial charge in [0.15, 0.2) is 0 Å². The summed E-state index contributed by atoms with van der Waals surface area (Å²) in [4.78, 5) is 10.3. The normalized spacial score (nSPS) is 40.7. The topological polar surface area (TPSA) is 148 Å². The highest BCUT2D eigenvalue weighted by Gasteiger charge is 2.52. The van der Waals surface area contributed by atoms with Gasteiger partial charge < -0.3 is 35.4 Å². The number of hydrogen-bond acceptors (Lipinski definition) is 8. The molecule has 1 saturated heterocycles. The number of carboxylic acids is 1. The highest BCUT2D eigenvalue weighted by molar-refractivity contribution is 8.00. The second-order valence-electron chi connectivity index (χ2n) is 3.89. The van der Waals surface area contributed by atoms with Crippen LogP contribution in [0.3, 0.4) is 0 Å². The zero-order valence-electron chi connectivity index (χ0n) is 9.34. The van der Waals surface area contributed by atoms with Crippen LogP contribution in [0.1, 0.15) is 6.42 Å². The van der Waals surface area contributed by atoms with Gasteiger partial charge in [-0.2, -0.15) is 0 Å². The summed E-state index contributed by atoms with van der Waals surface area (Å²) in [6.07, 6.45) is -6.57. The van der Waals surface area contributed by atoms with Crippen LogP contribution in [-0.2, 0) is 9.53 Å². The molecule has 6 N–H and O–H groups in total. The van der Waals surface area contributed by atoms with E-state index in [0.717, 1.165) is 0 Å². The van der Waals surface area contributed by atoms with Crippen molar-refractivity contribution in [3.8, 4) is 0 Å². The number of carbonyl (C=O) groups is 1. The van der Waals surface area contributed by atoms with Gasteiger partial charge in [-0.1, -0.05) is 11.8 Å². The molecule has 9 heteroatoms. The predicted octanol–water partition coefficient (Wildman–Crippen LogP) is -2.69. The average molecular weight is 284 g/mol. The lowest BCUT2D eigenvalue weighted by Crippen LogP contribution is -2.63. The molecule has 5 atom stereocenters. The number of aliphatic carboxylic acids is 1. The Kier molecular flexibility index (Phi) is 5.34. The smallest absolute Gasteiger partial charge is 0.304 e. The van der Waals surface area contributed by atoms with Gasteiger partial charge in [0.1, 0.15) is 24.4 Å². The van der Waals surface area contributed by atoms with E-state index in [1.54, 1.807) is 0 Å². The molecule has 1 heterocycles. The second kappa shape index (κ2) is 6.15. The van der Waals surface area contributed by atoms with E-state index in [1.165, 1.54) is 0 Å². The number of aliphatic hydroxyl groups excluding tert-OH is 4. The third kappa shape index (κ3) is 3.32. The Bertz CT molecular complexity index is 298. The van der Waals surface area contributed by atoms with Crippen molar-refractivity contribution >= 4 is 17.7 Å². The van der Waals surface area contributed by atoms with Gasteiger partial charge >= 0.3 is 5.97 Å². The van der Waals surface area contributed by atoms with Crippen LogP contribution in [0.5, 0.6) is 0 Å². The van der Waals surface area contributed by atoms with E-state index in [1.807, 2.05) is 0 Å². The molecular weight excluding hydrogens is 268 g/mol. The first-order valence-electron chi connectivity index (χ1n) is 5.23. The summed E-state index contributed by atoms with van der Waals surface area (Å²) in [7, 11) is 0. The quantitative estimate of drug-likeness (QED) is 0.297. The van der Waals surface area contributed by atoms with Gasteiger partial charge in [-0.15, -0.1) is 0 Å². The lowest BCUT2D eigenvalue weighted by Gasteiger charge is -2.44. The monoisotopic (exact) mass is 284 g/mol. The maximum absolute atomic E-state index is 10.3. The molecule has 8 nitrogen and oxygen atoms in total. The lowest BCUT2D eigenvalue weighted by molar-refractivity contribution is -0.305. The Balaban J connectivity index is 2.69. The van der Waals surface area contributed by atoms with Crippen molar-refractivity contribution in [2.24, 2.45) is 0 Å². The molecule has 0 spiro atoms. The van der Waals surface area contributed by atoms with Crippen molar-refractivity contribution in [2.75, 3.05) is 12.4 Å². The third-order valence-corrected chi connectivity index (χ3v) is 3.71. The Morgan fingerprint density at radius 2 is 1.89 bits per heavy atom. The second-order valence-corrected chi connectivity index (χ2v) is 5.17. The van der Waals surface area contributed by atoms with Crippen LogP contribution in [0.4, 0.5) is 0 Å². The van der Waals surface area contributed by atoms with Crippen LogP contribution in [-0.4, -0.2) is 78.5 Å². The van der Waals surface area contributed by atoms with Crippen molar-refractivity contribution in [1.82, 2.24) is 0 Å². The SMILES string of the molecule is O=C(O)CCS[C@@]1(O)O[C@H](CO)[C@H](O)[C@H](O)[C@H]1O. The van der Waals surface area contributed by atoms with E-state index in [4.69, 9.17) is 14.9 Å². The molecule has 0 aromatic carbocycles. The fraction of sp³-hybridized carbons (Fsp3) is 0.889. The van der Waals surface area contributed by atoms with Crippen LogP contribution < -0.4 is 0 Å². The average Bonchev–Trinajstić information content (AvgIpc) is 2.31. The first-order valence-corrected chi connectivity index (χ1v) is 6.21. The van der Waals surface area contributed by atoms with Crippen LogP contribution in [0, 0.1) is 0 Å². The summed E-state index contributed by atoms with van der Waals surface area (Å²) < 4.78 is 4.92. The highest BCUT2D eigenvalue weighted by atomic mass is 32.2. The molecule has 0 bridgehead atoms. The number of hydrogen-bond donors (Lipinski definition) is 6. The maximum Gasteiger partial charge on any atom is 0.304 e. The lowest BCUT2D eigenvalue weighted by atomic mass is 9.99. The van der Waals surface area contributed by atoms with E-state index in [0.29, 0.717) is 11.8 Å². The first kappa shape index (κ1) is 15.6. The van der Waals surface area contributed by atoms with Crippen LogP contribution in [0.2, 0.25) is 0 Å². The molecule has 0 saturated carbocycles.